The van der Waals surface area contributed by atoms with Gasteiger partial charge in [0.25, 0.3) is 5.91 Å². The molecule has 1 amide bonds. The molecular weight excluding hydrogens is 312 g/mol. The molecule has 122 valence electrons. The van der Waals surface area contributed by atoms with Crippen LogP contribution in [-0.4, -0.2) is 10.9 Å². The van der Waals surface area contributed by atoms with E-state index in [1.165, 1.54) is 0 Å². The SMILES string of the molecule is Cc1ccc(-c2nc3ccccc3o2)cc1NC(=O)c1ccccc1. The molecule has 0 radical (unpaired) electrons. The number of carbonyl (C=O) groups excluding carboxylic acids is 1. The molecule has 0 atom stereocenters. The lowest BCUT2D eigenvalue weighted by atomic mass is 10.1. The number of rotatable bonds is 3. The Morgan fingerprint density at radius 1 is 0.960 bits per heavy atom. The molecule has 0 saturated carbocycles. The van der Waals surface area contributed by atoms with Gasteiger partial charge in [-0.3, -0.25) is 4.79 Å². The fraction of sp³-hybridized carbons (Fsp3) is 0.0476. The minimum Gasteiger partial charge on any atom is -0.436 e. The molecule has 25 heavy (non-hydrogen) atoms. The van der Waals surface area contributed by atoms with Crippen molar-refractivity contribution in [1.29, 1.82) is 0 Å². The summed E-state index contributed by atoms with van der Waals surface area (Å²) in [5, 5.41) is 2.96. The zero-order chi connectivity index (χ0) is 17.2. The summed E-state index contributed by atoms with van der Waals surface area (Å²) >= 11 is 0. The normalized spacial score (nSPS) is 10.8. The van der Waals surface area contributed by atoms with Crippen LogP contribution in [0.3, 0.4) is 0 Å². The van der Waals surface area contributed by atoms with Crippen molar-refractivity contribution in [2.24, 2.45) is 0 Å². The number of nitrogens with one attached hydrogen (secondary N) is 1. The Bertz CT molecular complexity index is 1020. The Kier molecular flexibility index (Phi) is 3.78. The van der Waals surface area contributed by atoms with Crippen LogP contribution in [0.15, 0.2) is 77.2 Å². The van der Waals surface area contributed by atoms with Crippen LogP contribution in [0.2, 0.25) is 0 Å². The molecular formula is C21H16N2O2. The highest BCUT2D eigenvalue weighted by atomic mass is 16.3. The third kappa shape index (κ3) is 3.02. The first-order chi connectivity index (χ1) is 12.2. The van der Waals surface area contributed by atoms with Gasteiger partial charge >= 0.3 is 0 Å². The van der Waals surface area contributed by atoms with Crippen molar-refractivity contribution in [1.82, 2.24) is 4.98 Å². The Labute approximate surface area is 145 Å². The molecule has 0 spiro atoms. The Hall–Kier alpha value is -3.40. The molecule has 3 aromatic carbocycles. The fourth-order valence-electron chi connectivity index (χ4n) is 2.67. The zero-order valence-corrected chi connectivity index (χ0v) is 13.7. The topological polar surface area (TPSA) is 55.1 Å². The van der Waals surface area contributed by atoms with Crippen LogP contribution in [0.25, 0.3) is 22.6 Å². The van der Waals surface area contributed by atoms with Crippen molar-refractivity contribution >= 4 is 22.7 Å². The highest BCUT2D eigenvalue weighted by molar-refractivity contribution is 6.04. The van der Waals surface area contributed by atoms with Gasteiger partial charge in [-0.05, 0) is 48.9 Å². The lowest BCUT2D eigenvalue weighted by molar-refractivity contribution is 0.102. The van der Waals surface area contributed by atoms with Gasteiger partial charge in [-0.15, -0.1) is 0 Å². The highest BCUT2D eigenvalue weighted by Crippen LogP contribution is 2.28. The summed E-state index contributed by atoms with van der Waals surface area (Å²) in [6.07, 6.45) is 0. The molecule has 1 heterocycles. The summed E-state index contributed by atoms with van der Waals surface area (Å²) in [6, 6.07) is 22.6. The molecule has 4 rings (SSSR count). The van der Waals surface area contributed by atoms with Gasteiger partial charge in [0.15, 0.2) is 5.58 Å². The van der Waals surface area contributed by atoms with Gasteiger partial charge < -0.3 is 9.73 Å². The summed E-state index contributed by atoms with van der Waals surface area (Å²) in [5.41, 5.74) is 4.72. The third-order valence-corrected chi connectivity index (χ3v) is 4.06. The lowest BCUT2D eigenvalue weighted by Crippen LogP contribution is -2.12. The highest BCUT2D eigenvalue weighted by Gasteiger charge is 2.12. The second-order valence-corrected chi connectivity index (χ2v) is 5.84. The minimum atomic E-state index is -0.140. The monoisotopic (exact) mass is 328 g/mol. The van der Waals surface area contributed by atoms with Crippen LogP contribution >= 0.6 is 0 Å². The number of fused-ring (bicyclic) bond motifs is 1. The molecule has 4 aromatic rings. The van der Waals surface area contributed by atoms with Gasteiger partial charge in [0.05, 0.1) is 0 Å². The maximum Gasteiger partial charge on any atom is 0.255 e. The predicted octanol–water partition coefficient (Wildman–Crippen LogP) is 5.06. The van der Waals surface area contributed by atoms with Crippen molar-refractivity contribution in [3.8, 4) is 11.5 Å². The molecule has 1 aromatic heterocycles. The van der Waals surface area contributed by atoms with E-state index in [2.05, 4.69) is 10.3 Å². The molecule has 0 aliphatic heterocycles. The molecule has 1 N–H and O–H groups in total. The van der Waals surface area contributed by atoms with E-state index in [1.807, 2.05) is 67.6 Å². The number of amides is 1. The Morgan fingerprint density at radius 2 is 1.72 bits per heavy atom. The smallest absolute Gasteiger partial charge is 0.255 e. The van der Waals surface area contributed by atoms with Gasteiger partial charge in [-0.25, -0.2) is 4.98 Å². The summed E-state index contributed by atoms with van der Waals surface area (Å²) < 4.78 is 5.81. The molecule has 0 unspecified atom stereocenters. The third-order valence-electron chi connectivity index (χ3n) is 4.06. The number of anilines is 1. The molecule has 0 fully saturated rings. The van der Waals surface area contributed by atoms with Gasteiger partial charge in [-0.1, -0.05) is 36.4 Å². The van der Waals surface area contributed by atoms with E-state index >= 15 is 0 Å². The fourth-order valence-corrected chi connectivity index (χ4v) is 2.67. The maximum absolute atomic E-state index is 12.4. The molecule has 4 nitrogen and oxygen atoms in total. The first kappa shape index (κ1) is 15.1. The van der Waals surface area contributed by atoms with Gasteiger partial charge in [0.2, 0.25) is 5.89 Å². The standard InChI is InChI=1S/C21H16N2O2/c1-14-11-12-16(21-23-17-9-5-6-10-19(17)25-21)13-18(14)22-20(24)15-7-3-2-4-8-15/h2-13H,1H3,(H,22,24). The number of para-hydroxylation sites is 2. The molecule has 4 heteroatoms. The summed E-state index contributed by atoms with van der Waals surface area (Å²) in [5.74, 6) is 0.398. The Morgan fingerprint density at radius 3 is 2.52 bits per heavy atom. The number of benzene rings is 3. The van der Waals surface area contributed by atoms with Crippen molar-refractivity contribution in [3.05, 3.63) is 83.9 Å². The van der Waals surface area contributed by atoms with Crippen LogP contribution in [-0.2, 0) is 0 Å². The summed E-state index contributed by atoms with van der Waals surface area (Å²) in [4.78, 5) is 16.9. The number of oxazole rings is 1. The van der Waals surface area contributed by atoms with Crippen LogP contribution < -0.4 is 5.32 Å². The predicted molar refractivity (Wildman–Crippen MR) is 98.6 cm³/mol. The number of aromatic nitrogens is 1. The summed E-state index contributed by atoms with van der Waals surface area (Å²) in [6.45, 7) is 1.95. The van der Waals surface area contributed by atoms with E-state index in [4.69, 9.17) is 4.42 Å². The first-order valence-corrected chi connectivity index (χ1v) is 8.04. The van der Waals surface area contributed by atoms with E-state index in [0.717, 1.165) is 27.9 Å². The van der Waals surface area contributed by atoms with Crippen LogP contribution in [0, 0.1) is 6.92 Å². The molecule has 0 bridgehead atoms. The van der Waals surface area contributed by atoms with Gasteiger partial charge in [0.1, 0.15) is 5.52 Å². The van der Waals surface area contributed by atoms with Crippen LogP contribution in [0.5, 0.6) is 0 Å². The number of carbonyl (C=O) groups is 1. The average molecular weight is 328 g/mol. The lowest BCUT2D eigenvalue weighted by Gasteiger charge is -2.09. The van der Waals surface area contributed by atoms with Crippen molar-refractivity contribution < 1.29 is 9.21 Å². The van der Waals surface area contributed by atoms with E-state index in [0.29, 0.717) is 11.5 Å². The number of hydrogen-bond donors (Lipinski definition) is 1. The van der Waals surface area contributed by atoms with E-state index in [-0.39, 0.29) is 5.91 Å². The van der Waals surface area contributed by atoms with Gasteiger partial charge in [0, 0.05) is 16.8 Å². The molecule has 0 aliphatic carbocycles. The second kappa shape index (κ2) is 6.24. The largest absolute Gasteiger partial charge is 0.436 e. The molecule has 0 aliphatic rings. The average Bonchev–Trinajstić information content (AvgIpc) is 3.08. The number of hydrogen-bond acceptors (Lipinski definition) is 3. The van der Waals surface area contributed by atoms with Crippen molar-refractivity contribution in [2.45, 2.75) is 6.92 Å². The summed E-state index contributed by atoms with van der Waals surface area (Å²) in [7, 11) is 0. The van der Waals surface area contributed by atoms with Crippen LogP contribution in [0.1, 0.15) is 15.9 Å². The zero-order valence-electron chi connectivity index (χ0n) is 13.7. The second-order valence-electron chi connectivity index (χ2n) is 5.84. The molecule has 0 saturated heterocycles. The van der Waals surface area contributed by atoms with Gasteiger partial charge in [-0.2, -0.15) is 0 Å². The van der Waals surface area contributed by atoms with Crippen molar-refractivity contribution in [3.63, 3.8) is 0 Å². The Balaban J connectivity index is 1.67. The van der Waals surface area contributed by atoms with E-state index < -0.39 is 0 Å². The van der Waals surface area contributed by atoms with Crippen LogP contribution in [0.4, 0.5) is 5.69 Å². The quantitative estimate of drug-likeness (QED) is 0.572. The van der Waals surface area contributed by atoms with E-state index in [9.17, 15) is 4.79 Å². The van der Waals surface area contributed by atoms with Crippen molar-refractivity contribution in [2.75, 3.05) is 5.32 Å². The van der Waals surface area contributed by atoms with E-state index in [1.54, 1.807) is 12.1 Å². The minimum absolute atomic E-state index is 0.140. The number of aryl methyl sites for hydroxylation is 1. The number of nitrogens with zero attached hydrogens (tertiary/aromatic N) is 1. The first-order valence-electron chi connectivity index (χ1n) is 8.04. The maximum atomic E-state index is 12.4.